The predicted molar refractivity (Wildman–Crippen MR) is 41.9 cm³/mol. The van der Waals surface area contributed by atoms with E-state index < -0.39 is 0 Å². The van der Waals surface area contributed by atoms with E-state index in [1.165, 1.54) is 12.8 Å². The van der Waals surface area contributed by atoms with Crippen LogP contribution in [0.3, 0.4) is 0 Å². The van der Waals surface area contributed by atoms with Crippen molar-refractivity contribution in [2.24, 2.45) is 11.7 Å². The summed E-state index contributed by atoms with van der Waals surface area (Å²) < 4.78 is 0. The molecule has 11 heavy (non-hydrogen) atoms. The first-order valence-corrected chi connectivity index (χ1v) is 4.26. The van der Waals surface area contributed by atoms with Crippen LogP contribution in [-0.2, 0) is 4.79 Å². The Balaban J connectivity index is 1.91. The third-order valence-electron chi connectivity index (χ3n) is 3.01. The summed E-state index contributed by atoms with van der Waals surface area (Å²) in [5, 5.41) is 3.45. The Kier molecular flexibility index (Phi) is 1.42. The fourth-order valence-corrected chi connectivity index (χ4v) is 2.30. The predicted octanol–water partition coefficient (Wildman–Crippen LogP) is 0.00390. The van der Waals surface area contributed by atoms with E-state index >= 15 is 0 Å². The highest BCUT2D eigenvalue weighted by Gasteiger charge is 2.47. The zero-order valence-corrected chi connectivity index (χ0v) is 6.60. The van der Waals surface area contributed by atoms with Gasteiger partial charge in [-0.05, 0) is 32.2 Å². The normalized spacial score (nSPS) is 42.4. The molecule has 2 fully saturated rings. The Bertz CT molecular complexity index is 177. The van der Waals surface area contributed by atoms with Crippen LogP contribution in [0.4, 0.5) is 0 Å². The first-order valence-electron chi connectivity index (χ1n) is 4.26. The molecule has 1 saturated heterocycles. The van der Waals surface area contributed by atoms with Crippen molar-refractivity contribution in [2.75, 3.05) is 6.54 Å². The number of nitrogens with one attached hydrogen (secondary N) is 1. The summed E-state index contributed by atoms with van der Waals surface area (Å²) in [5.74, 6) is 0.0323. The van der Waals surface area contributed by atoms with E-state index in [0.717, 1.165) is 19.4 Å². The van der Waals surface area contributed by atoms with Gasteiger partial charge in [0, 0.05) is 11.5 Å². The summed E-state index contributed by atoms with van der Waals surface area (Å²) >= 11 is 0. The molecule has 3 heteroatoms. The van der Waals surface area contributed by atoms with Crippen molar-refractivity contribution < 1.29 is 4.79 Å². The molecule has 0 bridgehead atoms. The summed E-state index contributed by atoms with van der Waals surface area (Å²) in [6.45, 7) is 1.12. The maximum Gasteiger partial charge on any atom is 0.220 e. The zero-order valence-electron chi connectivity index (χ0n) is 6.60. The molecule has 1 amide bonds. The molecule has 1 aliphatic carbocycles. The van der Waals surface area contributed by atoms with Gasteiger partial charge in [-0.3, -0.25) is 4.79 Å². The minimum absolute atomic E-state index is 0.121. The van der Waals surface area contributed by atoms with Crippen LogP contribution in [0.25, 0.3) is 0 Å². The van der Waals surface area contributed by atoms with Gasteiger partial charge in [0.1, 0.15) is 0 Å². The second kappa shape index (κ2) is 2.21. The van der Waals surface area contributed by atoms with Crippen LogP contribution in [0.5, 0.6) is 0 Å². The van der Waals surface area contributed by atoms with E-state index in [1.807, 2.05) is 0 Å². The molecule has 0 unspecified atom stereocenters. The Hall–Kier alpha value is -0.570. The average Bonchev–Trinajstić information content (AvgIpc) is 2.29. The molecule has 1 heterocycles. The zero-order chi connectivity index (χ0) is 7.90. The van der Waals surface area contributed by atoms with Gasteiger partial charge in [-0.1, -0.05) is 0 Å². The van der Waals surface area contributed by atoms with Crippen LogP contribution in [0.15, 0.2) is 0 Å². The molecule has 2 rings (SSSR count). The van der Waals surface area contributed by atoms with Gasteiger partial charge in [0.25, 0.3) is 0 Å². The molecule has 1 spiro atoms. The second-order valence-corrected chi connectivity index (χ2v) is 3.82. The number of carbonyl (C=O) groups is 1. The van der Waals surface area contributed by atoms with E-state index in [-0.39, 0.29) is 11.8 Å². The fraction of sp³-hybridized carbons (Fsp3) is 0.875. The van der Waals surface area contributed by atoms with Crippen molar-refractivity contribution in [3.8, 4) is 0 Å². The topological polar surface area (TPSA) is 55.1 Å². The Labute approximate surface area is 66.3 Å². The summed E-state index contributed by atoms with van der Waals surface area (Å²) in [6, 6.07) is 0. The van der Waals surface area contributed by atoms with Crippen molar-refractivity contribution in [2.45, 2.75) is 31.2 Å². The number of hydrogen-bond donors (Lipinski definition) is 2. The van der Waals surface area contributed by atoms with E-state index in [2.05, 4.69) is 5.32 Å². The van der Waals surface area contributed by atoms with Crippen LogP contribution in [-0.4, -0.2) is 18.0 Å². The van der Waals surface area contributed by atoms with E-state index in [0.29, 0.717) is 5.54 Å². The van der Waals surface area contributed by atoms with Crippen molar-refractivity contribution in [3.63, 3.8) is 0 Å². The average molecular weight is 154 g/mol. The van der Waals surface area contributed by atoms with Gasteiger partial charge in [0.2, 0.25) is 5.91 Å². The van der Waals surface area contributed by atoms with Crippen molar-refractivity contribution >= 4 is 5.91 Å². The Morgan fingerprint density at radius 1 is 1.55 bits per heavy atom. The molecule has 0 aromatic rings. The molecule has 62 valence electrons. The molecule has 2 aliphatic rings. The van der Waals surface area contributed by atoms with Gasteiger partial charge in [-0.2, -0.15) is 0 Å². The van der Waals surface area contributed by atoms with Crippen molar-refractivity contribution in [1.82, 2.24) is 5.32 Å². The molecule has 0 atom stereocenters. The quantitative estimate of drug-likeness (QED) is 0.558. The van der Waals surface area contributed by atoms with Crippen molar-refractivity contribution in [1.29, 1.82) is 0 Å². The molecule has 1 aliphatic heterocycles. The molecular formula is C8H14N2O. The summed E-state index contributed by atoms with van der Waals surface area (Å²) in [7, 11) is 0. The highest BCUT2D eigenvalue weighted by Crippen LogP contribution is 2.43. The SMILES string of the molecule is NC(=O)C1CC2(CCCN2)C1. The van der Waals surface area contributed by atoms with Crippen LogP contribution in [0.1, 0.15) is 25.7 Å². The molecule has 3 N–H and O–H groups in total. The summed E-state index contributed by atoms with van der Waals surface area (Å²) in [5.41, 5.74) is 5.50. The second-order valence-electron chi connectivity index (χ2n) is 3.82. The maximum atomic E-state index is 10.7. The summed E-state index contributed by atoms with van der Waals surface area (Å²) in [4.78, 5) is 10.7. The van der Waals surface area contributed by atoms with Gasteiger partial charge in [0.05, 0.1) is 0 Å². The smallest absolute Gasteiger partial charge is 0.220 e. The minimum Gasteiger partial charge on any atom is -0.369 e. The van der Waals surface area contributed by atoms with E-state index in [4.69, 9.17) is 5.73 Å². The van der Waals surface area contributed by atoms with Crippen LogP contribution in [0.2, 0.25) is 0 Å². The highest BCUT2D eigenvalue weighted by atomic mass is 16.1. The first-order chi connectivity index (χ1) is 5.22. The van der Waals surface area contributed by atoms with Crippen LogP contribution in [0, 0.1) is 5.92 Å². The number of rotatable bonds is 1. The summed E-state index contributed by atoms with van der Waals surface area (Å²) in [6.07, 6.45) is 4.44. The fourth-order valence-electron chi connectivity index (χ4n) is 2.30. The molecule has 1 saturated carbocycles. The largest absolute Gasteiger partial charge is 0.369 e. The number of primary amides is 1. The maximum absolute atomic E-state index is 10.7. The molecule has 0 aromatic heterocycles. The Morgan fingerprint density at radius 3 is 2.73 bits per heavy atom. The number of hydrogen-bond acceptors (Lipinski definition) is 2. The van der Waals surface area contributed by atoms with Crippen molar-refractivity contribution in [3.05, 3.63) is 0 Å². The molecule has 0 radical (unpaired) electrons. The lowest BCUT2D eigenvalue weighted by molar-refractivity contribution is -0.126. The molecule has 0 aromatic carbocycles. The van der Waals surface area contributed by atoms with Crippen LogP contribution < -0.4 is 11.1 Å². The van der Waals surface area contributed by atoms with Crippen LogP contribution >= 0.6 is 0 Å². The minimum atomic E-state index is -0.121. The molecular weight excluding hydrogens is 140 g/mol. The van der Waals surface area contributed by atoms with E-state index in [9.17, 15) is 4.79 Å². The highest BCUT2D eigenvalue weighted by molar-refractivity contribution is 5.78. The lowest BCUT2D eigenvalue weighted by Crippen LogP contribution is -2.54. The number of nitrogens with two attached hydrogens (primary N) is 1. The monoisotopic (exact) mass is 154 g/mol. The first kappa shape index (κ1) is 7.10. The lowest BCUT2D eigenvalue weighted by Gasteiger charge is -2.43. The van der Waals surface area contributed by atoms with Gasteiger partial charge in [-0.15, -0.1) is 0 Å². The van der Waals surface area contributed by atoms with Gasteiger partial charge < -0.3 is 11.1 Å². The standard InChI is InChI=1S/C8H14N2O/c9-7(11)6-4-8(5-6)2-1-3-10-8/h6,10H,1-5H2,(H2,9,11). The lowest BCUT2D eigenvalue weighted by atomic mass is 9.67. The van der Waals surface area contributed by atoms with E-state index in [1.54, 1.807) is 0 Å². The Morgan fingerprint density at radius 2 is 2.27 bits per heavy atom. The molecule has 3 nitrogen and oxygen atoms in total. The number of amides is 1. The third kappa shape index (κ3) is 1.03. The van der Waals surface area contributed by atoms with Gasteiger partial charge in [-0.25, -0.2) is 0 Å². The van der Waals surface area contributed by atoms with Gasteiger partial charge >= 0.3 is 0 Å². The third-order valence-corrected chi connectivity index (χ3v) is 3.01. The van der Waals surface area contributed by atoms with Gasteiger partial charge in [0.15, 0.2) is 0 Å². The number of carbonyl (C=O) groups excluding carboxylic acids is 1.